The van der Waals surface area contributed by atoms with E-state index < -0.39 is 17.6 Å². The van der Waals surface area contributed by atoms with Crippen molar-refractivity contribution in [2.75, 3.05) is 18.5 Å². The summed E-state index contributed by atoms with van der Waals surface area (Å²) in [7, 11) is 0. The van der Waals surface area contributed by atoms with Gasteiger partial charge in [-0.3, -0.25) is 10.1 Å². The van der Waals surface area contributed by atoms with Crippen molar-refractivity contribution in [2.24, 2.45) is 0 Å². The molecule has 11 heteroatoms. The van der Waals surface area contributed by atoms with Crippen molar-refractivity contribution in [1.82, 2.24) is 15.0 Å². The molecule has 2 aromatic heterocycles. The molecule has 0 fully saturated rings. The van der Waals surface area contributed by atoms with E-state index in [9.17, 15) is 18.0 Å². The molecule has 0 saturated carbocycles. The summed E-state index contributed by atoms with van der Waals surface area (Å²) >= 11 is 1.24. The van der Waals surface area contributed by atoms with E-state index in [4.69, 9.17) is 9.84 Å². The van der Waals surface area contributed by atoms with Gasteiger partial charge in [-0.05, 0) is 30.3 Å². The summed E-state index contributed by atoms with van der Waals surface area (Å²) in [5.41, 5.74) is -0.227. The number of rotatable bonds is 7. The Hall–Kier alpha value is -3.44. The van der Waals surface area contributed by atoms with Crippen molar-refractivity contribution in [3.05, 3.63) is 59.1 Å². The number of carbonyl (C=O) groups excluding carboxylic acids is 1. The van der Waals surface area contributed by atoms with Crippen molar-refractivity contribution < 1.29 is 27.8 Å². The molecular formula is C21H17F3N4O3S. The second-order valence-corrected chi connectivity index (χ2v) is 7.60. The van der Waals surface area contributed by atoms with Gasteiger partial charge in [-0.2, -0.15) is 13.2 Å². The number of aromatic nitrogens is 3. The lowest BCUT2D eigenvalue weighted by Gasteiger charge is -2.14. The Labute approximate surface area is 183 Å². The first-order valence-electron chi connectivity index (χ1n) is 9.51. The zero-order valence-electron chi connectivity index (χ0n) is 16.4. The predicted octanol–water partition coefficient (Wildman–Crippen LogP) is 4.72. The number of nitrogens with zero attached hydrogens (tertiary/aromatic N) is 2. The van der Waals surface area contributed by atoms with Gasteiger partial charge in [-0.1, -0.05) is 6.07 Å². The summed E-state index contributed by atoms with van der Waals surface area (Å²) in [5.74, 6) is -0.454. The van der Waals surface area contributed by atoms with Crippen molar-refractivity contribution in [3.8, 4) is 17.1 Å². The van der Waals surface area contributed by atoms with E-state index in [0.717, 1.165) is 6.07 Å². The van der Waals surface area contributed by atoms with Crippen LogP contribution in [-0.4, -0.2) is 39.2 Å². The molecule has 0 unspecified atom stereocenters. The van der Waals surface area contributed by atoms with Crippen molar-refractivity contribution in [2.45, 2.75) is 12.6 Å². The van der Waals surface area contributed by atoms with Crippen LogP contribution < -0.4 is 10.1 Å². The van der Waals surface area contributed by atoms with Crippen LogP contribution in [0.3, 0.4) is 0 Å². The summed E-state index contributed by atoms with van der Waals surface area (Å²) < 4.78 is 46.6. The van der Waals surface area contributed by atoms with Crippen molar-refractivity contribution in [3.63, 3.8) is 0 Å². The molecule has 2 aromatic carbocycles. The molecule has 0 atom stereocenters. The van der Waals surface area contributed by atoms with Crippen LogP contribution in [0.25, 0.3) is 22.4 Å². The summed E-state index contributed by atoms with van der Waals surface area (Å²) in [6.07, 6.45) is -2.81. The molecule has 0 aliphatic carbocycles. The Kier molecular flexibility index (Phi) is 6.10. The number of thiazole rings is 1. The monoisotopic (exact) mass is 462 g/mol. The van der Waals surface area contributed by atoms with Crippen molar-refractivity contribution in [1.29, 1.82) is 0 Å². The molecule has 7 nitrogen and oxygen atoms in total. The largest absolute Gasteiger partial charge is 0.493 e. The van der Waals surface area contributed by atoms with E-state index in [1.165, 1.54) is 23.5 Å². The molecule has 2 heterocycles. The minimum absolute atomic E-state index is 0.0243. The number of aromatic amines is 1. The van der Waals surface area contributed by atoms with E-state index in [1.807, 2.05) is 0 Å². The molecule has 0 bridgehead atoms. The van der Waals surface area contributed by atoms with Crippen LogP contribution in [0.15, 0.2) is 48.0 Å². The van der Waals surface area contributed by atoms with Gasteiger partial charge >= 0.3 is 6.18 Å². The van der Waals surface area contributed by atoms with Gasteiger partial charge in [-0.15, -0.1) is 11.3 Å². The highest BCUT2D eigenvalue weighted by Gasteiger charge is 2.35. The molecule has 32 heavy (non-hydrogen) atoms. The molecule has 4 rings (SSSR count). The Morgan fingerprint density at radius 3 is 2.81 bits per heavy atom. The van der Waals surface area contributed by atoms with E-state index in [0.29, 0.717) is 17.1 Å². The summed E-state index contributed by atoms with van der Waals surface area (Å²) in [4.78, 5) is 23.8. The SMILES string of the molecule is O=C(Nc1nccs1)c1cccc2[nH]c(-c3ccc(OCCCO)cc3C(F)(F)F)nc12. The molecular weight excluding hydrogens is 445 g/mol. The third-order valence-corrected chi connectivity index (χ3v) is 5.22. The van der Waals surface area contributed by atoms with Gasteiger partial charge in [0.1, 0.15) is 17.1 Å². The zero-order valence-corrected chi connectivity index (χ0v) is 17.3. The minimum atomic E-state index is -4.66. The van der Waals surface area contributed by atoms with Gasteiger partial charge in [0.25, 0.3) is 5.91 Å². The highest BCUT2D eigenvalue weighted by Crippen LogP contribution is 2.39. The van der Waals surface area contributed by atoms with Crippen molar-refractivity contribution >= 4 is 33.4 Å². The van der Waals surface area contributed by atoms with Crippen LogP contribution in [-0.2, 0) is 6.18 Å². The molecule has 1 amide bonds. The summed E-state index contributed by atoms with van der Waals surface area (Å²) in [5, 5.41) is 13.6. The smallest absolute Gasteiger partial charge is 0.417 e. The number of amides is 1. The van der Waals surface area contributed by atoms with Crippen LogP contribution >= 0.6 is 11.3 Å². The summed E-state index contributed by atoms with van der Waals surface area (Å²) in [6, 6.07) is 8.36. The average Bonchev–Trinajstić information content (AvgIpc) is 3.42. The normalized spacial score (nSPS) is 11.6. The number of imidazole rings is 1. The molecule has 0 radical (unpaired) electrons. The number of aliphatic hydroxyl groups excluding tert-OH is 1. The quantitative estimate of drug-likeness (QED) is 0.345. The maximum Gasteiger partial charge on any atom is 0.417 e. The topological polar surface area (TPSA) is 100 Å². The lowest BCUT2D eigenvalue weighted by Crippen LogP contribution is -2.12. The number of carbonyl (C=O) groups is 1. The number of ether oxygens (including phenoxy) is 1. The number of alkyl halides is 3. The Morgan fingerprint density at radius 2 is 2.09 bits per heavy atom. The van der Waals surface area contributed by atoms with Gasteiger partial charge in [0.05, 0.1) is 23.3 Å². The number of hydrogen-bond acceptors (Lipinski definition) is 6. The van der Waals surface area contributed by atoms with Crippen LogP contribution in [0, 0.1) is 0 Å². The number of aliphatic hydroxyl groups is 1. The fourth-order valence-electron chi connectivity index (χ4n) is 3.10. The number of fused-ring (bicyclic) bond motifs is 1. The Morgan fingerprint density at radius 1 is 1.25 bits per heavy atom. The second kappa shape index (κ2) is 8.97. The molecule has 0 spiro atoms. The first kappa shape index (κ1) is 21.8. The summed E-state index contributed by atoms with van der Waals surface area (Å²) in [6.45, 7) is -0.0308. The Balaban J connectivity index is 1.72. The highest BCUT2D eigenvalue weighted by molar-refractivity contribution is 7.13. The molecule has 0 saturated heterocycles. The molecule has 3 N–H and O–H groups in total. The second-order valence-electron chi connectivity index (χ2n) is 6.71. The predicted molar refractivity (Wildman–Crippen MR) is 114 cm³/mol. The number of nitrogens with one attached hydrogen (secondary N) is 2. The first-order valence-corrected chi connectivity index (χ1v) is 10.4. The van der Waals surface area contributed by atoms with Crippen LogP contribution in [0.1, 0.15) is 22.3 Å². The number of benzene rings is 2. The average molecular weight is 462 g/mol. The van der Waals surface area contributed by atoms with E-state index in [2.05, 4.69) is 20.3 Å². The maximum atomic E-state index is 13.8. The van der Waals surface area contributed by atoms with Crippen LogP contribution in [0.5, 0.6) is 5.75 Å². The van der Waals surface area contributed by atoms with Crippen LogP contribution in [0.4, 0.5) is 18.3 Å². The fourth-order valence-corrected chi connectivity index (χ4v) is 3.63. The van der Waals surface area contributed by atoms with E-state index in [-0.39, 0.29) is 41.4 Å². The molecule has 0 aliphatic rings. The zero-order chi connectivity index (χ0) is 22.7. The van der Waals surface area contributed by atoms with Gasteiger partial charge in [0, 0.05) is 30.2 Å². The van der Waals surface area contributed by atoms with E-state index in [1.54, 1.807) is 29.8 Å². The fraction of sp³-hybridized carbons (Fsp3) is 0.190. The van der Waals surface area contributed by atoms with Gasteiger partial charge in [-0.25, -0.2) is 9.97 Å². The highest BCUT2D eigenvalue weighted by atomic mass is 32.1. The third-order valence-electron chi connectivity index (χ3n) is 4.53. The minimum Gasteiger partial charge on any atom is -0.493 e. The maximum absolute atomic E-state index is 13.8. The Bertz CT molecular complexity index is 1240. The van der Waals surface area contributed by atoms with E-state index >= 15 is 0 Å². The lowest BCUT2D eigenvalue weighted by atomic mass is 10.1. The standard InChI is InChI=1S/C21H17F3N4O3S/c22-21(23,24)15-11-12(31-9-2-8-29)5-6-13(15)18-26-16-4-1-3-14(17(16)27-18)19(30)28-20-25-7-10-32-20/h1,3-7,10-11,29H,2,8-9H2,(H,26,27)(H,25,28,30). The number of para-hydroxylation sites is 1. The molecule has 166 valence electrons. The van der Waals surface area contributed by atoms with Crippen LogP contribution in [0.2, 0.25) is 0 Å². The lowest BCUT2D eigenvalue weighted by molar-refractivity contribution is -0.137. The number of hydrogen-bond donors (Lipinski definition) is 3. The van der Waals surface area contributed by atoms with Gasteiger partial charge < -0.3 is 14.8 Å². The number of halogens is 3. The number of H-pyrrole nitrogens is 1. The first-order chi connectivity index (χ1) is 15.4. The third kappa shape index (κ3) is 4.58. The number of anilines is 1. The van der Waals surface area contributed by atoms with Gasteiger partial charge in [0.15, 0.2) is 5.13 Å². The van der Waals surface area contributed by atoms with Gasteiger partial charge in [0.2, 0.25) is 0 Å². The molecule has 0 aliphatic heterocycles. The molecule has 4 aromatic rings.